The number of pyridine rings is 1. The zero-order valence-corrected chi connectivity index (χ0v) is 12.4. The molecule has 0 aromatic carbocycles. The van der Waals surface area contributed by atoms with Gasteiger partial charge in [0.1, 0.15) is 0 Å². The molecule has 5 heteroatoms. The lowest BCUT2D eigenvalue weighted by molar-refractivity contribution is 0.0922. The summed E-state index contributed by atoms with van der Waals surface area (Å²) < 4.78 is 13.2. The van der Waals surface area contributed by atoms with Crippen molar-refractivity contribution in [2.75, 3.05) is 0 Å². The third kappa shape index (κ3) is 3.29. The maximum Gasteiger partial charge on any atom is 0.252 e. The fourth-order valence-electron chi connectivity index (χ4n) is 2.95. The predicted octanol–water partition coefficient (Wildman–Crippen LogP) is 3.94. The van der Waals surface area contributed by atoms with Gasteiger partial charge in [-0.05, 0) is 36.3 Å². The molecule has 1 saturated carbocycles. The normalized spacial score (nSPS) is 16.8. The molecule has 3 rings (SSSR count). The molecule has 2 heterocycles. The molecular weight excluding hydrogens is 287 g/mol. The predicted molar refractivity (Wildman–Crippen MR) is 80.7 cm³/mol. The van der Waals surface area contributed by atoms with E-state index in [9.17, 15) is 9.18 Å². The number of nitrogens with one attached hydrogen (secondary N) is 1. The highest BCUT2D eigenvalue weighted by molar-refractivity contribution is 7.10. The summed E-state index contributed by atoms with van der Waals surface area (Å²) in [5.74, 6) is -0.392. The number of hydrogen-bond donors (Lipinski definition) is 1. The summed E-state index contributed by atoms with van der Waals surface area (Å²) in [6.07, 6.45) is 6.01. The highest BCUT2D eigenvalue weighted by atomic mass is 32.1. The minimum Gasteiger partial charge on any atom is -0.344 e. The Kier molecular flexibility index (Phi) is 4.29. The molecule has 0 aliphatic heterocycles. The van der Waals surface area contributed by atoms with Gasteiger partial charge in [0, 0.05) is 22.7 Å². The molecule has 0 saturated heterocycles. The minimum atomic E-state index is -0.629. The first kappa shape index (κ1) is 14.2. The largest absolute Gasteiger partial charge is 0.344 e. The van der Waals surface area contributed by atoms with Gasteiger partial charge in [0.25, 0.3) is 5.91 Å². The van der Waals surface area contributed by atoms with Gasteiger partial charge in [0.05, 0.1) is 6.04 Å². The SMILES string of the molecule is O=C(NC(c1cccs1)C1CCCC1)c1ccnc(F)c1. The molecule has 1 N–H and O–H groups in total. The second kappa shape index (κ2) is 6.35. The van der Waals surface area contributed by atoms with Crippen LogP contribution in [0.2, 0.25) is 0 Å². The summed E-state index contributed by atoms with van der Waals surface area (Å²) in [7, 11) is 0. The molecule has 1 atom stereocenters. The van der Waals surface area contributed by atoms with Crippen molar-refractivity contribution in [1.82, 2.24) is 10.3 Å². The van der Waals surface area contributed by atoms with Gasteiger partial charge >= 0.3 is 0 Å². The Hall–Kier alpha value is -1.75. The zero-order valence-electron chi connectivity index (χ0n) is 11.6. The van der Waals surface area contributed by atoms with Crippen molar-refractivity contribution in [3.63, 3.8) is 0 Å². The zero-order chi connectivity index (χ0) is 14.7. The van der Waals surface area contributed by atoms with Crippen molar-refractivity contribution < 1.29 is 9.18 Å². The van der Waals surface area contributed by atoms with Gasteiger partial charge in [-0.15, -0.1) is 11.3 Å². The first-order valence-electron chi connectivity index (χ1n) is 7.20. The Bertz CT molecular complexity index is 608. The number of amides is 1. The van der Waals surface area contributed by atoms with Crippen LogP contribution in [0.25, 0.3) is 0 Å². The molecule has 1 unspecified atom stereocenters. The topological polar surface area (TPSA) is 42.0 Å². The van der Waals surface area contributed by atoms with Crippen LogP contribution < -0.4 is 5.32 Å². The summed E-state index contributed by atoms with van der Waals surface area (Å²) in [6, 6.07) is 6.80. The fraction of sp³-hybridized carbons (Fsp3) is 0.375. The minimum absolute atomic E-state index is 0.0243. The van der Waals surface area contributed by atoms with Crippen LogP contribution in [0.3, 0.4) is 0 Å². The third-order valence-electron chi connectivity index (χ3n) is 4.00. The first-order valence-corrected chi connectivity index (χ1v) is 8.08. The Morgan fingerprint density at radius 3 is 2.86 bits per heavy atom. The van der Waals surface area contributed by atoms with Crippen molar-refractivity contribution in [3.05, 3.63) is 52.2 Å². The Balaban J connectivity index is 1.79. The lowest BCUT2D eigenvalue weighted by Gasteiger charge is -2.23. The van der Waals surface area contributed by atoms with Crippen molar-refractivity contribution >= 4 is 17.2 Å². The maximum absolute atomic E-state index is 13.2. The fourth-order valence-corrected chi connectivity index (χ4v) is 3.82. The standard InChI is InChI=1S/C16H17FN2OS/c17-14-10-12(7-8-18-14)16(20)19-15(11-4-1-2-5-11)13-6-3-9-21-13/h3,6-11,15H,1-2,4-5H2,(H,19,20). The number of carbonyl (C=O) groups is 1. The van der Waals surface area contributed by atoms with Crippen LogP contribution >= 0.6 is 11.3 Å². The summed E-state index contributed by atoms with van der Waals surface area (Å²) >= 11 is 1.66. The molecule has 1 fully saturated rings. The molecule has 21 heavy (non-hydrogen) atoms. The van der Waals surface area contributed by atoms with Crippen molar-refractivity contribution in [3.8, 4) is 0 Å². The Labute approximate surface area is 127 Å². The summed E-state index contributed by atoms with van der Waals surface area (Å²) in [5, 5.41) is 5.11. The molecule has 110 valence electrons. The summed E-state index contributed by atoms with van der Waals surface area (Å²) in [6.45, 7) is 0. The average molecular weight is 304 g/mol. The van der Waals surface area contributed by atoms with E-state index in [2.05, 4.69) is 16.4 Å². The monoisotopic (exact) mass is 304 g/mol. The van der Waals surface area contributed by atoms with Gasteiger partial charge in [-0.1, -0.05) is 18.9 Å². The van der Waals surface area contributed by atoms with Crippen molar-refractivity contribution in [2.24, 2.45) is 5.92 Å². The van der Waals surface area contributed by atoms with E-state index >= 15 is 0 Å². The summed E-state index contributed by atoms with van der Waals surface area (Å²) in [4.78, 5) is 17.0. The highest BCUT2D eigenvalue weighted by Gasteiger charge is 2.28. The first-order chi connectivity index (χ1) is 10.2. The van der Waals surface area contributed by atoms with Crippen molar-refractivity contribution in [2.45, 2.75) is 31.7 Å². The molecular formula is C16H17FN2OS. The number of aromatic nitrogens is 1. The molecule has 1 amide bonds. The van der Waals surface area contributed by atoms with Crippen LogP contribution in [0.5, 0.6) is 0 Å². The number of carbonyl (C=O) groups excluding carboxylic acids is 1. The van der Waals surface area contributed by atoms with Gasteiger partial charge < -0.3 is 5.32 Å². The number of halogens is 1. The van der Waals surface area contributed by atoms with Gasteiger partial charge in [0.2, 0.25) is 5.95 Å². The van der Waals surface area contributed by atoms with Crippen LogP contribution in [-0.2, 0) is 0 Å². The molecule has 1 aliphatic carbocycles. The second-order valence-electron chi connectivity index (χ2n) is 5.38. The van der Waals surface area contributed by atoms with Gasteiger partial charge in [0.15, 0.2) is 0 Å². The van der Waals surface area contributed by atoms with Gasteiger partial charge in [-0.2, -0.15) is 4.39 Å². The average Bonchev–Trinajstić information content (AvgIpc) is 3.18. The number of thiophene rings is 1. The van der Waals surface area contributed by atoms with Crippen LogP contribution in [-0.4, -0.2) is 10.9 Å². The molecule has 0 radical (unpaired) electrons. The molecule has 2 aromatic rings. The lowest BCUT2D eigenvalue weighted by atomic mass is 9.96. The molecule has 0 bridgehead atoms. The molecule has 1 aliphatic rings. The van der Waals surface area contributed by atoms with Gasteiger partial charge in [-0.25, -0.2) is 4.98 Å². The van der Waals surface area contributed by atoms with E-state index in [1.54, 1.807) is 17.4 Å². The molecule has 0 spiro atoms. The summed E-state index contributed by atoms with van der Waals surface area (Å²) in [5.41, 5.74) is 0.321. The quantitative estimate of drug-likeness (QED) is 0.869. The van der Waals surface area contributed by atoms with E-state index in [-0.39, 0.29) is 11.9 Å². The molecule has 3 nitrogen and oxygen atoms in total. The second-order valence-corrected chi connectivity index (χ2v) is 6.36. The van der Waals surface area contributed by atoms with E-state index in [4.69, 9.17) is 0 Å². The van der Waals surface area contributed by atoms with E-state index in [1.165, 1.54) is 30.0 Å². The lowest BCUT2D eigenvalue weighted by Crippen LogP contribution is -2.32. The van der Waals surface area contributed by atoms with Crippen LogP contribution in [0.4, 0.5) is 4.39 Å². The number of hydrogen-bond acceptors (Lipinski definition) is 3. The number of nitrogens with zero attached hydrogens (tertiary/aromatic N) is 1. The Morgan fingerprint density at radius 1 is 1.38 bits per heavy atom. The van der Waals surface area contributed by atoms with E-state index in [0.29, 0.717) is 11.5 Å². The van der Waals surface area contributed by atoms with E-state index in [1.807, 2.05) is 11.4 Å². The highest BCUT2D eigenvalue weighted by Crippen LogP contribution is 2.37. The third-order valence-corrected chi connectivity index (χ3v) is 4.95. The molecule has 2 aromatic heterocycles. The smallest absolute Gasteiger partial charge is 0.252 e. The van der Waals surface area contributed by atoms with Gasteiger partial charge in [-0.3, -0.25) is 4.79 Å². The van der Waals surface area contributed by atoms with Crippen LogP contribution in [0.15, 0.2) is 35.8 Å². The van der Waals surface area contributed by atoms with Crippen molar-refractivity contribution in [1.29, 1.82) is 0 Å². The van der Waals surface area contributed by atoms with E-state index in [0.717, 1.165) is 12.8 Å². The Morgan fingerprint density at radius 2 is 2.19 bits per heavy atom. The van der Waals surface area contributed by atoms with E-state index < -0.39 is 5.95 Å². The van der Waals surface area contributed by atoms with Crippen LogP contribution in [0.1, 0.15) is 47.0 Å². The number of rotatable bonds is 4. The van der Waals surface area contributed by atoms with Crippen LogP contribution in [0, 0.1) is 11.9 Å². The maximum atomic E-state index is 13.2.